The van der Waals surface area contributed by atoms with E-state index in [2.05, 4.69) is 18.9 Å². The van der Waals surface area contributed by atoms with Crippen LogP contribution in [0.15, 0.2) is 18.2 Å². The van der Waals surface area contributed by atoms with Crippen molar-refractivity contribution in [3.05, 3.63) is 23.8 Å². The van der Waals surface area contributed by atoms with Crippen molar-refractivity contribution < 1.29 is 9.84 Å². The number of benzene rings is 1. The van der Waals surface area contributed by atoms with Crippen LogP contribution < -0.4 is 4.74 Å². The monoisotopic (exact) mass is 223 g/mol. The van der Waals surface area contributed by atoms with Gasteiger partial charge in [-0.15, -0.1) is 0 Å². The average molecular weight is 223 g/mol. The van der Waals surface area contributed by atoms with Gasteiger partial charge in [0.25, 0.3) is 0 Å². The van der Waals surface area contributed by atoms with Crippen LogP contribution >= 0.6 is 0 Å². The Morgan fingerprint density at radius 2 is 2.12 bits per heavy atom. The van der Waals surface area contributed by atoms with E-state index in [9.17, 15) is 5.11 Å². The molecule has 1 aromatic carbocycles. The Labute approximate surface area is 97.7 Å². The first-order valence-corrected chi connectivity index (χ1v) is 5.72. The summed E-state index contributed by atoms with van der Waals surface area (Å²) in [6.07, 6.45) is 2.37. The van der Waals surface area contributed by atoms with Crippen LogP contribution in [0.5, 0.6) is 11.5 Å². The highest BCUT2D eigenvalue weighted by Crippen LogP contribution is 2.29. The van der Waals surface area contributed by atoms with Crippen LogP contribution in [0.3, 0.4) is 0 Å². The van der Waals surface area contributed by atoms with Crippen LogP contribution in [0.25, 0.3) is 0 Å². The van der Waals surface area contributed by atoms with Gasteiger partial charge in [-0.25, -0.2) is 0 Å². The quantitative estimate of drug-likeness (QED) is 0.804. The first-order valence-electron chi connectivity index (χ1n) is 5.72. The molecule has 0 saturated carbocycles. The Kier molecular flexibility index (Phi) is 5.12. The zero-order valence-corrected chi connectivity index (χ0v) is 10.4. The number of hydrogen-bond acceptors (Lipinski definition) is 3. The van der Waals surface area contributed by atoms with Crippen molar-refractivity contribution in [1.29, 1.82) is 0 Å². The Balaban J connectivity index is 2.66. The van der Waals surface area contributed by atoms with E-state index in [1.54, 1.807) is 13.2 Å². The number of nitrogens with zero attached hydrogens (tertiary/aromatic N) is 1. The summed E-state index contributed by atoms with van der Waals surface area (Å²) < 4.78 is 5.08. The van der Waals surface area contributed by atoms with Crippen molar-refractivity contribution in [3.8, 4) is 11.5 Å². The Morgan fingerprint density at radius 3 is 2.75 bits per heavy atom. The third-order valence-corrected chi connectivity index (χ3v) is 2.64. The smallest absolute Gasteiger partial charge is 0.162 e. The standard InChI is InChI=1S/C13H21NO2/c1-4-5-9-14(2)10-11-7-6-8-12(16-3)13(11)15/h6-8,15H,4-5,9-10H2,1-3H3. The van der Waals surface area contributed by atoms with Crippen LogP contribution in [0.2, 0.25) is 0 Å². The highest BCUT2D eigenvalue weighted by Gasteiger charge is 2.08. The van der Waals surface area contributed by atoms with Gasteiger partial charge in [-0.3, -0.25) is 0 Å². The maximum atomic E-state index is 9.91. The molecule has 0 spiro atoms. The molecular weight excluding hydrogens is 202 g/mol. The molecule has 0 atom stereocenters. The molecule has 0 radical (unpaired) electrons. The molecule has 1 N–H and O–H groups in total. The summed E-state index contributed by atoms with van der Waals surface area (Å²) in [5, 5.41) is 9.91. The Hall–Kier alpha value is -1.22. The number of phenols is 1. The topological polar surface area (TPSA) is 32.7 Å². The van der Waals surface area contributed by atoms with E-state index >= 15 is 0 Å². The first-order chi connectivity index (χ1) is 7.69. The maximum absolute atomic E-state index is 9.91. The van der Waals surface area contributed by atoms with Crippen LogP contribution in [0.1, 0.15) is 25.3 Å². The van der Waals surface area contributed by atoms with Gasteiger partial charge in [-0.2, -0.15) is 0 Å². The number of ether oxygens (including phenoxy) is 1. The lowest BCUT2D eigenvalue weighted by Gasteiger charge is -2.17. The van der Waals surface area contributed by atoms with Gasteiger partial charge in [0.05, 0.1) is 7.11 Å². The van der Waals surface area contributed by atoms with E-state index in [1.807, 2.05) is 12.1 Å². The predicted molar refractivity (Wildman–Crippen MR) is 65.9 cm³/mol. The van der Waals surface area contributed by atoms with Gasteiger partial charge in [0, 0.05) is 12.1 Å². The lowest BCUT2D eigenvalue weighted by atomic mass is 10.1. The van der Waals surface area contributed by atoms with Gasteiger partial charge in [0.2, 0.25) is 0 Å². The molecule has 0 aliphatic carbocycles. The molecule has 90 valence electrons. The summed E-state index contributed by atoms with van der Waals surface area (Å²) in [4.78, 5) is 2.21. The average Bonchev–Trinajstić information content (AvgIpc) is 2.29. The fourth-order valence-corrected chi connectivity index (χ4v) is 1.66. The molecule has 0 saturated heterocycles. The van der Waals surface area contributed by atoms with Crippen LogP contribution in [-0.2, 0) is 6.54 Å². The van der Waals surface area contributed by atoms with Crippen molar-refractivity contribution in [1.82, 2.24) is 4.90 Å². The molecule has 0 aromatic heterocycles. The van der Waals surface area contributed by atoms with Crippen molar-refractivity contribution in [2.75, 3.05) is 20.7 Å². The number of rotatable bonds is 6. The minimum atomic E-state index is 0.258. The number of phenolic OH excluding ortho intramolecular Hbond substituents is 1. The van der Waals surface area contributed by atoms with Gasteiger partial charge < -0.3 is 14.7 Å². The second kappa shape index (κ2) is 6.38. The van der Waals surface area contributed by atoms with Gasteiger partial charge in [0.15, 0.2) is 11.5 Å². The normalized spacial score (nSPS) is 10.8. The lowest BCUT2D eigenvalue weighted by molar-refractivity contribution is 0.310. The third kappa shape index (κ3) is 3.42. The number of aromatic hydroxyl groups is 1. The maximum Gasteiger partial charge on any atom is 0.162 e. The third-order valence-electron chi connectivity index (χ3n) is 2.64. The minimum absolute atomic E-state index is 0.258. The lowest BCUT2D eigenvalue weighted by Crippen LogP contribution is -2.19. The fraction of sp³-hybridized carbons (Fsp3) is 0.538. The van der Waals surface area contributed by atoms with E-state index in [0.29, 0.717) is 5.75 Å². The van der Waals surface area contributed by atoms with E-state index in [-0.39, 0.29) is 5.75 Å². The molecule has 3 heteroatoms. The molecule has 0 bridgehead atoms. The number of para-hydroxylation sites is 1. The highest BCUT2D eigenvalue weighted by atomic mass is 16.5. The van der Waals surface area contributed by atoms with Crippen LogP contribution in [0.4, 0.5) is 0 Å². The number of methoxy groups -OCH3 is 1. The van der Waals surface area contributed by atoms with Gasteiger partial charge in [-0.05, 0) is 26.1 Å². The number of unbranched alkanes of at least 4 members (excludes halogenated alkanes) is 1. The summed E-state index contributed by atoms with van der Waals surface area (Å²) in [6.45, 7) is 3.98. The zero-order valence-electron chi connectivity index (χ0n) is 10.4. The Bertz CT molecular complexity index is 326. The molecule has 1 rings (SSSR count). The van der Waals surface area contributed by atoms with Crippen molar-refractivity contribution in [3.63, 3.8) is 0 Å². The van der Waals surface area contributed by atoms with E-state index in [1.165, 1.54) is 12.8 Å². The largest absolute Gasteiger partial charge is 0.504 e. The molecule has 0 aliphatic rings. The molecule has 0 amide bonds. The van der Waals surface area contributed by atoms with Crippen molar-refractivity contribution in [2.45, 2.75) is 26.3 Å². The summed E-state index contributed by atoms with van der Waals surface area (Å²) in [6, 6.07) is 5.60. The zero-order chi connectivity index (χ0) is 12.0. The summed E-state index contributed by atoms with van der Waals surface area (Å²) in [5.74, 6) is 0.801. The van der Waals surface area contributed by atoms with Crippen molar-refractivity contribution in [2.24, 2.45) is 0 Å². The molecular formula is C13H21NO2. The van der Waals surface area contributed by atoms with E-state index in [4.69, 9.17) is 4.74 Å². The molecule has 0 aliphatic heterocycles. The number of hydrogen-bond donors (Lipinski definition) is 1. The van der Waals surface area contributed by atoms with Gasteiger partial charge in [-0.1, -0.05) is 25.5 Å². The molecule has 3 nitrogen and oxygen atoms in total. The minimum Gasteiger partial charge on any atom is -0.504 e. The summed E-state index contributed by atoms with van der Waals surface area (Å²) in [5.41, 5.74) is 0.915. The SMILES string of the molecule is CCCCN(C)Cc1cccc(OC)c1O. The fourth-order valence-electron chi connectivity index (χ4n) is 1.66. The van der Waals surface area contributed by atoms with Gasteiger partial charge in [0.1, 0.15) is 0 Å². The van der Waals surface area contributed by atoms with Gasteiger partial charge >= 0.3 is 0 Å². The highest BCUT2D eigenvalue weighted by molar-refractivity contribution is 5.45. The summed E-state index contributed by atoms with van der Waals surface area (Å²) >= 11 is 0. The second-order valence-corrected chi connectivity index (χ2v) is 4.06. The molecule has 0 fully saturated rings. The van der Waals surface area contributed by atoms with Crippen molar-refractivity contribution >= 4 is 0 Å². The Morgan fingerprint density at radius 1 is 1.38 bits per heavy atom. The van der Waals surface area contributed by atoms with Crippen LogP contribution in [0, 0.1) is 0 Å². The van der Waals surface area contributed by atoms with Crippen LogP contribution in [-0.4, -0.2) is 30.7 Å². The summed E-state index contributed by atoms with van der Waals surface area (Å²) in [7, 11) is 3.63. The first kappa shape index (κ1) is 12.8. The second-order valence-electron chi connectivity index (χ2n) is 4.06. The predicted octanol–water partition coefficient (Wildman–Crippen LogP) is 2.63. The molecule has 0 heterocycles. The van der Waals surface area contributed by atoms with E-state index < -0.39 is 0 Å². The molecule has 0 unspecified atom stereocenters. The molecule has 1 aromatic rings. The molecule has 16 heavy (non-hydrogen) atoms. The van der Waals surface area contributed by atoms with E-state index in [0.717, 1.165) is 18.7 Å².